The van der Waals surface area contributed by atoms with E-state index in [0.29, 0.717) is 28.8 Å². The fraction of sp³-hybridized carbons (Fsp3) is 0.120. The summed E-state index contributed by atoms with van der Waals surface area (Å²) in [5.74, 6) is 0.0308. The van der Waals surface area contributed by atoms with Crippen molar-refractivity contribution in [2.24, 2.45) is 0 Å². The average molecular weight is 399 g/mol. The second-order valence-corrected chi connectivity index (χ2v) is 7.00. The summed E-state index contributed by atoms with van der Waals surface area (Å²) in [5.41, 5.74) is 2.95. The molecule has 150 valence electrons. The third kappa shape index (κ3) is 4.25. The van der Waals surface area contributed by atoms with Crippen molar-refractivity contribution in [3.05, 3.63) is 100 Å². The van der Waals surface area contributed by atoms with E-state index >= 15 is 0 Å². The zero-order valence-electron chi connectivity index (χ0n) is 16.6. The lowest BCUT2D eigenvalue weighted by atomic mass is 10.1. The normalized spacial score (nSPS) is 10.7. The van der Waals surface area contributed by atoms with Crippen LogP contribution >= 0.6 is 0 Å². The molecule has 0 spiro atoms. The van der Waals surface area contributed by atoms with Gasteiger partial charge in [-0.2, -0.15) is 0 Å². The van der Waals surface area contributed by atoms with Gasteiger partial charge in [0.2, 0.25) is 11.2 Å². The largest absolute Gasteiger partial charge is 0.476 e. The van der Waals surface area contributed by atoms with Gasteiger partial charge < -0.3 is 14.5 Å². The van der Waals surface area contributed by atoms with Crippen molar-refractivity contribution < 1.29 is 13.9 Å². The number of carbonyl (C=O) groups excluding carboxylic acids is 1. The van der Waals surface area contributed by atoms with Crippen molar-refractivity contribution in [3.8, 4) is 17.1 Å². The van der Waals surface area contributed by atoms with Crippen molar-refractivity contribution >= 4 is 16.9 Å². The van der Waals surface area contributed by atoms with Gasteiger partial charge in [0.1, 0.15) is 5.58 Å². The number of aryl methyl sites for hydroxylation is 1. The number of hydrogen-bond donors (Lipinski definition) is 1. The summed E-state index contributed by atoms with van der Waals surface area (Å²) in [4.78, 5) is 25.4. The highest BCUT2D eigenvalue weighted by Gasteiger charge is 2.18. The Balaban J connectivity index is 1.61. The molecular weight excluding hydrogens is 378 g/mol. The van der Waals surface area contributed by atoms with Crippen LogP contribution < -0.4 is 15.5 Å². The third-order valence-electron chi connectivity index (χ3n) is 4.75. The van der Waals surface area contributed by atoms with E-state index in [1.54, 1.807) is 18.2 Å². The molecule has 30 heavy (non-hydrogen) atoms. The molecule has 0 aliphatic heterocycles. The quantitative estimate of drug-likeness (QED) is 0.520. The van der Waals surface area contributed by atoms with Crippen LogP contribution in [-0.2, 0) is 11.3 Å². The van der Waals surface area contributed by atoms with E-state index in [1.165, 1.54) is 0 Å². The minimum absolute atomic E-state index is 0.0346. The standard InChI is InChI=1S/C25H21NO4/c1-17-11-13-19(14-12-17)24-25(23(28)20-9-5-6-10-21(20)30-24)29-16-22(27)26-15-18-7-3-2-4-8-18/h2-14H,15-16H2,1H3,(H,26,27). The Kier molecular flexibility index (Phi) is 5.61. The number of para-hydroxylation sites is 1. The predicted octanol–water partition coefficient (Wildman–Crippen LogP) is 4.46. The van der Waals surface area contributed by atoms with E-state index in [2.05, 4.69) is 5.32 Å². The summed E-state index contributed by atoms with van der Waals surface area (Å²) in [5, 5.41) is 3.21. The molecule has 0 bridgehead atoms. The maximum atomic E-state index is 13.1. The van der Waals surface area contributed by atoms with Crippen LogP contribution in [0.1, 0.15) is 11.1 Å². The van der Waals surface area contributed by atoms with E-state index < -0.39 is 0 Å². The molecule has 1 N–H and O–H groups in total. The molecule has 1 amide bonds. The summed E-state index contributed by atoms with van der Waals surface area (Å²) in [6.45, 7) is 2.09. The molecule has 4 aromatic rings. The first-order valence-electron chi connectivity index (χ1n) is 9.68. The zero-order valence-corrected chi connectivity index (χ0v) is 16.6. The Morgan fingerprint density at radius 1 is 0.933 bits per heavy atom. The van der Waals surface area contributed by atoms with E-state index in [0.717, 1.165) is 11.1 Å². The topological polar surface area (TPSA) is 68.5 Å². The van der Waals surface area contributed by atoms with E-state index in [9.17, 15) is 9.59 Å². The van der Waals surface area contributed by atoms with Crippen molar-refractivity contribution in [2.75, 3.05) is 6.61 Å². The number of carbonyl (C=O) groups is 1. The Morgan fingerprint density at radius 2 is 1.63 bits per heavy atom. The minimum atomic E-state index is -0.318. The molecule has 5 heteroatoms. The van der Waals surface area contributed by atoms with Gasteiger partial charge in [-0.1, -0.05) is 72.3 Å². The number of rotatable bonds is 6. The molecule has 0 unspecified atom stereocenters. The third-order valence-corrected chi connectivity index (χ3v) is 4.75. The second-order valence-electron chi connectivity index (χ2n) is 7.00. The molecule has 0 saturated carbocycles. The van der Waals surface area contributed by atoms with Gasteiger partial charge in [0.05, 0.1) is 5.39 Å². The number of nitrogens with one attached hydrogen (secondary N) is 1. The number of fused-ring (bicyclic) bond motifs is 1. The fourth-order valence-corrected chi connectivity index (χ4v) is 3.14. The molecule has 0 aliphatic rings. The smallest absolute Gasteiger partial charge is 0.258 e. The minimum Gasteiger partial charge on any atom is -0.476 e. The Bertz CT molecular complexity index is 1230. The van der Waals surface area contributed by atoms with Crippen LogP contribution in [0.15, 0.2) is 88.1 Å². The van der Waals surface area contributed by atoms with Crippen molar-refractivity contribution in [3.63, 3.8) is 0 Å². The lowest BCUT2D eigenvalue weighted by Gasteiger charge is -2.12. The fourth-order valence-electron chi connectivity index (χ4n) is 3.14. The first-order chi connectivity index (χ1) is 14.6. The second kappa shape index (κ2) is 8.66. The van der Waals surface area contributed by atoms with Crippen LogP contribution in [0.3, 0.4) is 0 Å². The highest BCUT2D eigenvalue weighted by Crippen LogP contribution is 2.31. The molecule has 3 aromatic carbocycles. The number of amides is 1. The Hall–Kier alpha value is -3.86. The van der Waals surface area contributed by atoms with Gasteiger partial charge in [0.15, 0.2) is 12.4 Å². The predicted molar refractivity (Wildman–Crippen MR) is 116 cm³/mol. The first kappa shape index (κ1) is 19.5. The lowest BCUT2D eigenvalue weighted by molar-refractivity contribution is -0.123. The first-order valence-corrected chi connectivity index (χ1v) is 9.68. The van der Waals surface area contributed by atoms with Crippen molar-refractivity contribution in [1.82, 2.24) is 5.32 Å². The van der Waals surface area contributed by atoms with Crippen LogP contribution in [0.25, 0.3) is 22.3 Å². The van der Waals surface area contributed by atoms with Crippen LogP contribution in [0, 0.1) is 6.92 Å². The monoisotopic (exact) mass is 399 g/mol. The van der Waals surface area contributed by atoms with Crippen LogP contribution in [0.5, 0.6) is 5.75 Å². The van der Waals surface area contributed by atoms with Gasteiger partial charge in [-0.05, 0) is 24.6 Å². The summed E-state index contributed by atoms with van der Waals surface area (Å²) in [7, 11) is 0. The van der Waals surface area contributed by atoms with Gasteiger partial charge in [-0.3, -0.25) is 9.59 Å². The van der Waals surface area contributed by atoms with Crippen LogP contribution in [0.4, 0.5) is 0 Å². The molecule has 0 radical (unpaired) electrons. The molecule has 0 atom stereocenters. The molecule has 0 saturated heterocycles. The summed E-state index contributed by atoms with van der Waals surface area (Å²) < 4.78 is 11.7. The van der Waals surface area contributed by atoms with Crippen LogP contribution in [0.2, 0.25) is 0 Å². The molecule has 4 rings (SSSR count). The van der Waals surface area contributed by atoms with E-state index in [4.69, 9.17) is 9.15 Å². The van der Waals surface area contributed by atoms with Gasteiger partial charge >= 0.3 is 0 Å². The summed E-state index contributed by atoms with van der Waals surface area (Å²) in [6, 6.07) is 24.2. The zero-order chi connectivity index (χ0) is 20.9. The highest BCUT2D eigenvalue weighted by molar-refractivity contribution is 5.82. The van der Waals surface area contributed by atoms with Crippen molar-refractivity contribution in [1.29, 1.82) is 0 Å². The number of ether oxygens (including phenoxy) is 1. The SMILES string of the molecule is Cc1ccc(-c2oc3ccccc3c(=O)c2OCC(=O)NCc2ccccc2)cc1. The maximum absolute atomic E-state index is 13.1. The molecule has 1 heterocycles. The lowest BCUT2D eigenvalue weighted by Crippen LogP contribution is -2.29. The number of hydrogen-bond acceptors (Lipinski definition) is 4. The molecule has 0 aliphatic carbocycles. The van der Waals surface area contributed by atoms with E-state index in [-0.39, 0.29) is 23.7 Å². The van der Waals surface area contributed by atoms with Gasteiger partial charge in [-0.15, -0.1) is 0 Å². The molecule has 1 aromatic heterocycles. The maximum Gasteiger partial charge on any atom is 0.258 e. The molecule has 5 nitrogen and oxygen atoms in total. The Morgan fingerprint density at radius 3 is 2.40 bits per heavy atom. The summed E-state index contributed by atoms with van der Waals surface area (Å²) in [6.07, 6.45) is 0. The Labute approximate surface area is 173 Å². The molecule has 0 fully saturated rings. The van der Waals surface area contributed by atoms with Crippen molar-refractivity contribution in [2.45, 2.75) is 13.5 Å². The summed E-state index contributed by atoms with van der Waals surface area (Å²) >= 11 is 0. The van der Waals surface area contributed by atoms with Crippen LogP contribution in [-0.4, -0.2) is 12.5 Å². The van der Waals surface area contributed by atoms with E-state index in [1.807, 2.05) is 67.6 Å². The average Bonchev–Trinajstić information content (AvgIpc) is 2.78. The highest BCUT2D eigenvalue weighted by atomic mass is 16.5. The number of benzene rings is 3. The van der Waals surface area contributed by atoms with Gasteiger partial charge in [-0.25, -0.2) is 0 Å². The van der Waals surface area contributed by atoms with Gasteiger partial charge in [0.25, 0.3) is 5.91 Å². The van der Waals surface area contributed by atoms with Gasteiger partial charge in [0, 0.05) is 12.1 Å². The molecular formula is C25H21NO4.